The lowest BCUT2D eigenvalue weighted by atomic mass is 9.82. The summed E-state index contributed by atoms with van der Waals surface area (Å²) in [5.74, 6) is 0. The fraction of sp³-hybridized carbons (Fsp3) is 0.300. The van der Waals surface area contributed by atoms with Crippen LogP contribution in [0.1, 0.15) is 44.5 Å². The summed E-state index contributed by atoms with van der Waals surface area (Å²) < 4.78 is 0. The average Bonchev–Trinajstić information content (AvgIpc) is 3.05. The van der Waals surface area contributed by atoms with Gasteiger partial charge in [0.25, 0.3) is 0 Å². The van der Waals surface area contributed by atoms with Crippen molar-refractivity contribution in [1.29, 1.82) is 0 Å². The van der Waals surface area contributed by atoms with Crippen LogP contribution in [0.25, 0.3) is 10.9 Å². The molecule has 1 aliphatic rings. The molecular weight excluding hydrogens is 251 g/mol. The van der Waals surface area contributed by atoms with E-state index in [4.69, 9.17) is 0 Å². The minimum absolute atomic E-state index is 1.35. The van der Waals surface area contributed by atoms with Crippen molar-refractivity contribution < 1.29 is 0 Å². The molecule has 0 bridgehead atoms. The monoisotopic (exact) mass is 273 g/mol. The van der Waals surface area contributed by atoms with Gasteiger partial charge in [0.15, 0.2) is 7.28 Å². The molecule has 1 heteroatoms. The maximum atomic E-state index is 2.34. The number of rotatable bonds is 2. The molecule has 1 radical (unpaired) electrons. The Labute approximate surface area is 129 Å². The highest BCUT2D eigenvalue weighted by Gasteiger charge is 2.30. The van der Waals surface area contributed by atoms with Crippen LogP contribution in [-0.2, 0) is 0 Å². The Balaban J connectivity index is 2.14. The molecule has 3 rings (SSSR count). The number of benzene rings is 2. The van der Waals surface area contributed by atoms with Crippen LogP contribution in [0.15, 0.2) is 24.3 Å². The van der Waals surface area contributed by atoms with Crippen LogP contribution < -0.4 is 0 Å². The van der Waals surface area contributed by atoms with Crippen molar-refractivity contribution in [1.82, 2.24) is 0 Å². The van der Waals surface area contributed by atoms with Gasteiger partial charge in [-0.05, 0) is 74.9 Å². The van der Waals surface area contributed by atoms with Crippen molar-refractivity contribution in [3.63, 3.8) is 0 Å². The molecule has 0 fully saturated rings. The minimum Gasteiger partial charge on any atom is -0.0789 e. The van der Waals surface area contributed by atoms with Gasteiger partial charge in [-0.1, -0.05) is 46.3 Å². The van der Waals surface area contributed by atoms with Crippen LogP contribution in [0.2, 0.25) is 0 Å². The quantitative estimate of drug-likeness (QED) is 0.669. The molecule has 0 aliphatic carbocycles. The van der Waals surface area contributed by atoms with E-state index in [1.54, 1.807) is 0 Å². The molecule has 0 spiro atoms. The lowest BCUT2D eigenvalue weighted by molar-refractivity contribution is 1.29. The highest BCUT2D eigenvalue weighted by molar-refractivity contribution is 6.98. The van der Waals surface area contributed by atoms with Crippen molar-refractivity contribution in [2.75, 3.05) is 0 Å². The van der Waals surface area contributed by atoms with Gasteiger partial charge in [0.05, 0.1) is 0 Å². The second-order valence-electron chi connectivity index (χ2n) is 6.52. The van der Waals surface area contributed by atoms with Crippen LogP contribution in [-0.4, -0.2) is 7.28 Å². The summed E-state index contributed by atoms with van der Waals surface area (Å²) in [6.07, 6.45) is 0. The summed E-state index contributed by atoms with van der Waals surface area (Å²) in [6.45, 7) is 13.2. The topological polar surface area (TPSA) is 0 Å². The van der Waals surface area contributed by atoms with Gasteiger partial charge in [-0.2, -0.15) is 0 Å². The van der Waals surface area contributed by atoms with Crippen LogP contribution in [0.3, 0.4) is 0 Å². The summed E-state index contributed by atoms with van der Waals surface area (Å²) in [4.78, 5) is 0. The summed E-state index contributed by atoms with van der Waals surface area (Å²) in [6, 6.07) is 9.14. The second kappa shape index (κ2) is 4.91. The third-order valence-corrected chi connectivity index (χ3v) is 4.39. The lowest BCUT2D eigenvalue weighted by Gasteiger charge is -2.10. The fourth-order valence-electron chi connectivity index (χ4n) is 3.73. The van der Waals surface area contributed by atoms with E-state index in [1.807, 2.05) is 0 Å². The first-order valence-electron chi connectivity index (χ1n) is 7.64. The molecule has 2 aromatic rings. The van der Waals surface area contributed by atoms with Crippen LogP contribution in [0.4, 0.5) is 0 Å². The van der Waals surface area contributed by atoms with E-state index in [1.165, 1.54) is 55.5 Å². The van der Waals surface area contributed by atoms with Crippen molar-refractivity contribution in [3.8, 4) is 0 Å². The number of hydrogen-bond donors (Lipinski definition) is 0. The highest BCUT2D eigenvalue weighted by atomic mass is 14.2. The Morgan fingerprint density at radius 1 is 0.524 bits per heavy atom. The van der Waals surface area contributed by atoms with Crippen molar-refractivity contribution >= 4 is 18.2 Å². The first-order valence-corrected chi connectivity index (χ1v) is 7.64. The van der Waals surface area contributed by atoms with E-state index in [-0.39, 0.29) is 0 Å². The first kappa shape index (κ1) is 14.2. The molecule has 0 unspecified atom stereocenters. The van der Waals surface area contributed by atoms with Gasteiger partial charge >= 0.3 is 0 Å². The third kappa shape index (κ3) is 2.46. The van der Waals surface area contributed by atoms with E-state index in [0.29, 0.717) is 0 Å². The van der Waals surface area contributed by atoms with Gasteiger partial charge in [0.1, 0.15) is 0 Å². The summed E-state index contributed by atoms with van der Waals surface area (Å²) in [5, 5.41) is 0. The standard InChI is InChI=1S/C20H22B/c1-11-7-13(3)17(14(4)8-11)19-20(21-19)18-15(5)9-12(2)10-16(18)6/h7-10H,1-6H3. The molecule has 2 aromatic carbocycles. The van der Waals surface area contributed by atoms with Gasteiger partial charge in [0, 0.05) is 0 Å². The van der Waals surface area contributed by atoms with E-state index in [0.717, 1.165) is 0 Å². The van der Waals surface area contributed by atoms with Gasteiger partial charge in [-0.3, -0.25) is 0 Å². The van der Waals surface area contributed by atoms with E-state index < -0.39 is 0 Å². The molecule has 105 valence electrons. The first-order chi connectivity index (χ1) is 9.88. The van der Waals surface area contributed by atoms with Crippen LogP contribution >= 0.6 is 0 Å². The molecule has 0 aromatic heterocycles. The van der Waals surface area contributed by atoms with E-state index in [2.05, 4.69) is 73.1 Å². The predicted molar refractivity (Wildman–Crippen MR) is 93.9 cm³/mol. The molecule has 0 amide bonds. The smallest absolute Gasteiger partial charge is 0.0789 e. The molecule has 0 atom stereocenters. The molecular formula is C20H22B. The minimum atomic E-state index is 1.35. The molecule has 1 aliphatic heterocycles. The SMILES string of the molecule is Cc1cc(C)c(C2=C(c3c(C)cc(C)cc3C)[B]2)c(C)c1. The van der Waals surface area contributed by atoms with Crippen LogP contribution in [0, 0.1) is 41.5 Å². The zero-order valence-corrected chi connectivity index (χ0v) is 13.9. The van der Waals surface area contributed by atoms with Crippen LogP contribution in [0.5, 0.6) is 0 Å². The molecule has 1 heterocycles. The Morgan fingerprint density at radius 3 is 1.10 bits per heavy atom. The van der Waals surface area contributed by atoms with Gasteiger partial charge in [-0.25, -0.2) is 0 Å². The zero-order chi connectivity index (χ0) is 15.3. The molecule has 0 nitrogen and oxygen atoms in total. The normalized spacial score (nSPS) is 13.4. The largest absolute Gasteiger partial charge is 0.191 e. The Kier molecular flexibility index (Phi) is 3.32. The second-order valence-corrected chi connectivity index (χ2v) is 6.52. The summed E-state index contributed by atoms with van der Waals surface area (Å²) in [7, 11) is 2.34. The predicted octanol–water partition coefficient (Wildman–Crippen LogP) is 5.08. The maximum absolute atomic E-state index is 2.34. The van der Waals surface area contributed by atoms with Gasteiger partial charge in [-0.15, -0.1) is 0 Å². The van der Waals surface area contributed by atoms with Crippen molar-refractivity contribution in [2.45, 2.75) is 41.5 Å². The van der Waals surface area contributed by atoms with Gasteiger partial charge < -0.3 is 0 Å². The Hall–Kier alpha value is -1.76. The molecule has 0 saturated heterocycles. The van der Waals surface area contributed by atoms with Crippen molar-refractivity contribution in [2.24, 2.45) is 0 Å². The Morgan fingerprint density at radius 2 is 0.810 bits per heavy atom. The van der Waals surface area contributed by atoms with Crippen molar-refractivity contribution in [3.05, 3.63) is 68.8 Å². The molecule has 0 N–H and O–H groups in total. The zero-order valence-electron chi connectivity index (χ0n) is 13.9. The number of aryl methyl sites for hydroxylation is 6. The summed E-state index contributed by atoms with van der Waals surface area (Å²) in [5.41, 5.74) is 13.9. The number of hydrogen-bond acceptors (Lipinski definition) is 0. The van der Waals surface area contributed by atoms with E-state index >= 15 is 0 Å². The maximum Gasteiger partial charge on any atom is 0.191 e. The fourth-order valence-corrected chi connectivity index (χ4v) is 3.73. The highest BCUT2D eigenvalue weighted by Crippen LogP contribution is 2.43. The molecule has 0 saturated carbocycles. The summed E-state index contributed by atoms with van der Waals surface area (Å²) >= 11 is 0. The van der Waals surface area contributed by atoms with Gasteiger partial charge in [0.2, 0.25) is 0 Å². The third-order valence-electron chi connectivity index (χ3n) is 4.39. The molecule has 21 heavy (non-hydrogen) atoms. The average molecular weight is 273 g/mol. The Bertz CT molecular complexity index is 667. The van der Waals surface area contributed by atoms with E-state index in [9.17, 15) is 0 Å². The lowest BCUT2D eigenvalue weighted by Crippen LogP contribution is -1.90.